The molecule has 0 radical (unpaired) electrons. The van der Waals surface area contributed by atoms with Gasteiger partial charge in [-0.05, 0) is 24.3 Å². The van der Waals surface area contributed by atoms with E-state index in [0.717, 1.165) is 4.90 Å². The fourth-order valence-electron chi connectivity index (χ4n) is 3.10. The number of hydrogen-bond donors (Lipinski definition) is 2. The van der Waals surface area contributed by atoms with Crippen LogP contribution >= 0.6 is 0 Å². The van der Waals surface area contributed by atoms with Crippen LogP contribution in [0, 0.1) is 11.3 Å². The second-order valence-corrected chi connectivity index (χ2v) is 6.44. The van der Waals surface area contributed by atoms with E-state index in [2.05, 4.69) is 9.97 Å². The third kappa shape index (κ3) is 3.27. The summed E-state index contributed by atoms with van der Waals surface area (Å²) in [5, 5.41) is 19.6. The summed E-state index contributed by atoms with van der Waals surface area (Å²) in [6.45, 7) is -1.21. The molecule has 9 heteroatoms. The SMILES string of the molecule is N#C/C(=C(/O)COC(=O)CN1C(=O)c2ccccc2C1=O)c1nc2ccccc2[nH]1. The highest BCUT2D eigenvalue weighted by Crippen LogP contribution is 2.22. The predicted octanol–water partition coefficient (Wildman–Crippen LogP) is 2.19. The van der Waals surface area contributed by atoms with Crippen LogP contribution in [0.3, 0.4) is 0 Å². The largest absolute Gasteiger partial charge is 0.507 e. The fourth-order valence-corrected chi connectivity index (χ4v) is 3.10. The number of esters is 1. The van der Waals surface area contributed by atoms with Crippen LogP contribution in [-0.4, -0.2) is 50.9 Å². The van der Waals surface area contributed by atoms with Gasteiger partial charge in [0.2, 0.25) is 0 Å². The van der Waals surface area contributed by atoms with Crippen molar-refractivity contribution in [1.82, 2.24) is 14.9 Å². The first-order chi connectivity index (χ1) is 14.5. The molecule has 2 heterocycles. The molecule has 0 atom stereocenters. The second-order valence-electron chi connectivity index (χ2n) is 6.44. The quantitative estimate of drug-likeness (QED) is 0.289. The Bertz CT molecular complexity index is 1200. The number of fused-ring (bicyclic) bond motifs is 2. The number of allylic oxidation sites excluding steroid dienone is 1. The van der Waals surface area contributed by atoms with Gasteiger partial charge < -0.3 is 14.8 Å². The molecule has 9 nitrogen and oxygen atoms in total. The lowest BCUT2D eigenvalue weighted by Crippen LogP contribution is -2.35. The summed E-state index contributed by atoms with van der Waals surface area (Å²) in [6, 6.07) is 15.2. The number of nitriles is 1. The van der Waals surface area contributed by atoms with E-state index in [9.17, 15) is 24.8 Å². The van der Waals surface area contributed by atoms with Gasteiger partial charge in [-0.15, -0.1) is 0 Å². The van der Waals surface area contributed by atoms with Crippen molar-refractivity contribution >= 4 is 34.4 Å². The van der Waals surface area contributed by atoms with E-state index >= 15 is 0 Å². The maximum atomic E-state index is 12.3. The molecule has 30 heavy (non-hydrogen) atoms. The van der Waals surface area contributed by atoms with Crippen molar-refractivity contribution in [2.75, 3.05) is 13.2 Å². The van der Waals surface area contributed by atoms with Gasteiger partial charge >= 0.3 is 5.97 Å². The lowest BCUT2D eigenvalue weighted by molar-refractivity contribution is -0.143. The van der Waals surface area contributed by atoms with Crippen LogP contribution in [0.2, 0.25) is 0 Å². The van der Waals surface area contributed by atoms with Gasteiger partial charge in [-0.1, -0.05) is 24.3 Å². The topological polar surface area (TPSA) is 136 Å². The standard InChI is InChI=1S/C21H14N4O5/c22-9-14(19-23-15-7-3-4-8-16(15)24-19)17(26)11-30-18(27)10-25-20(28)12-5-1-2-6-13(12)21(25)29/h1-8,26H,10-11H2,(H,23,24)/b17-14-. The Hall–Kier alpha value is -4.45. The van der Waals surface area contributed by atoms with Crippen LogP contribution in [0.5, 0.6) is 0 Å². The minimum Gasteiger partial charge on any atom is -0.507 e. The molecule has 1 aliphatic rings. The molecule has 0 saturated carbocycles. The number of aromatic amines is 1. The van der Waals surface area contributed by atoms with Gasteiger partial charge in [0.1, 0.15) is 24.8 Å². The molecule has 4 rings (SSSR count). The zero-order valence-electron chi connectivity index (χ0n) is 15.5. The van der Waals surface area contributed by atoms with Gasteiger partial charge in [-0.2, -0.15) is 5.26 Å². The highest BCUT2D eigenvalue weighted by molar-refractivity contribution is 6.22. The van der Waals surface area contributed by atoms with E-state index in [1.165, 1.54) is 12.1 Å². The highest BCUT2D eigenvalue weighted by atomic mass is 16.5. The zero-order valence-corrected chi connectivity index (χ0v) is 15.5. The maximum absolute atomic E-state index is 12.3. The van der Waals surface area contributed by atoms with Gasteiger partial charge in [0.25, 0.3) is 11.8 Å². The van der Waals surface area contributed by atoms with Crippen molar-refractivity contribution in [3.63, 3.8) is 0 Å². The van der Waals surface area contributed by atoms with Crippen molar-refractivity contribution in [2.24, 2.45) is 0 Å². The first-order valence-electron chi connectivity index (χ1n) is 8.87. The number of imidazole rings is 1. The molecule has 0 spiro atoms. The number of amides is 2. The number of aliphatic hydroxyl groups is 1. The number of carbonyl (C=O) groups excluding carboxylic acids is 3. The number of hydrogen-bond acceptors (Lipinski definition) is 7. The summed E-state index contributed by atoms with van der Waals surface area (Å²) in [5.74, 6) is -2.46. The molecule has 0 unspecified atom stereocenters. The average Bonchev–Trinajstić information content (AvgIpc) is 3.28. The summed E-state index contributed by atoms with van der Waals surface area (Å²) in [6.07, 6.45) is 0. The fraction of sp³-hybridized carbons (Fsp3) is 0.0952. The number of H-pyrrole nitrogens is 1. The third-order valence-electron chi connectivity index (χ3n) is 4.56. The third-order valence-corrected chi connectivity index (χ3v) is 4.56. The number of ether oxygens (including phenoxy) is 1. The Kier molecular flexibility index (Phi) is 4.74. The Morgan fingerprint density at radius 1 is 1.10 bits per heavy atom. The van der Waals surface area contributed by atoms with Gasteiger partial charge in [0.05, 0.1) is 22.2 Å². The van der Waals surface area contributed by atoms with E-state index in [1.54, 1.807) is 36.4 Å². The molecule has 2 amide bonds. The van der Waals surface area contributed by atoms with Gasteiger partial charge in [-0.3, -0.25) is 19.3 Å². The number of carbonyl (C=O) groups is 3. The average molecular weight is 402 g/mol. The lowest BCUT2D eigenvalue weighted by Gasteiger charge is -2.13. The molecule has 2 aromatic carbocycles. The van der Waals surface area contributed by atoms with Crippen molar-refractivity contribution < 1.29 is 24.2 Å². The normalized spacial score (nSPS) is 13.8. The number of nitrogens with zero attached hydrogens (tertiary/aromatic N) is 3. The van der Waals surface area contributed by atoms with Crippen LogP contribution in [0.4, 0.5) is 0 Å². The van der Waals surface area contributed by atoms with E-state index in [4.69, 9.17) is 4.74 Å². The number of rotatable bonds is 5. The van der Waals surface area contributed by atoms with E-state index in [1.807, 2.05) is 6.07 Å². The molecular formula is C21H14N4O5. The number of aliphatic hydroxyl groups excluding tert-OH is 1. The Morgan fingerprint density at radius 2 is 1.73 bits per heavy atom. The first kappa shape index (κ1) is 18.9. The predicted molar refractivity (Wildman–Crippen MR) is 104 cm³/mol. The van der Waals surface area contributed by atoms with Crippen molar-refractivity contribution in [3.05, 3.63) is 71.2 Å². The van der Waals surface area contributed by atoms with Crippen LogP contribution in [0.15, 0.2) is 54.3 Å². The van der Waals surface area contributed by atoms with E-state index in [-0.39, 0.29) is 22.5 Å². The smallest absolute Gasteiger partial charge is 0.326 e. The van der Waals surface area contributed by atoms with Gasteiger partial charge in [0, 0.05) is 0 Å². The Morgan fingerprint density at radius 3 is 2.37 bits per heavy atom. The van der Waals surface area contributed by atoms with Gasteiger partial charge in [0.15, 0.2) is 11.6 Å². The van der Waals surface area contributed by atoms with Crippen molar-refractivity contribution in [3.8, 4) is 6.07 Å². The minimum atomic E-state index is -0.905. The molecule has 2 N–H and O–H groups in total. The van der Waals surface area contributed by atoms with Crippen LogP contribution in [0.25, 0.3) is 16.6 Å². The van der Waals surface area contributed by atoms with Crippen LogP contribution in [0.1, 0.15) is 26.5 Å². The van der Waals surface area contributed by atoms with Crippen molar-refractivity contribution in [1.29, 1.82) is 5.26 Å². The monoisotopic (exact) mass is 402 g/mol. The number of benzene rings is 2. The number of aromatic nitrogens is 2. The van der Waals surface area contributed by atoms with Crippen LogP contribution in [-0.2, 0) is 9.53 Å². The molecule has 0 aliphatic carbocycles. The Balaban J connectivity index is 1.45. The summed E-state index contributed by atoms with van der Waals surface area (Å²) in [4.78, 5) is 44.6. The minimum absolute atomic E-state index is 0.132. The zero-order chi connectivity index (χ0) is 21.3. The van der Waals surface area contributed by atoms with Crippen LogP contribution < -0.4 is 0 Å². The van der Waals surface area contributed by atoms with Crippen molar-refractivity contribution in [2.45, 2.75) is 0 Å². The number of nitrogens with one attached hydrogen (secondary N) is 1. The first-order valence-corrected chi connectivity index (χ1v) is 8.87. The molecule has 0 fully saturated rings. The summed E-state index contributed by atoms with van der Waals surface area (Å²) in [7, 11) is 0. The number of para-hydroxylation sites is 2. The molecule has 1 aliphatic heterocycles. The second kappa shape index (κ2) is 7.52. The van der Waals surface area contributed by atoms with E-state index in [0.29, 0.717) is 11.0 Å². The molecule has 1 aromatic heterocycles. The molecule has 148 valence electrons. The maximum Gasteiger partial charge on any atom is 0.326 e. The summed E-state index contributed by atoms with van der Waals surface area (Å²) in [5.41, 5.74) is 1.54. The van der Waals surface area contributed by atoms with Gasteiger partial charge in [-0.25, -0.2) is 4.98 Å². The molecular weight excluding hydrogens is 388 g/mol. The molecule has 3 aromatic rings. The Labute approximate surface area is 169 Å². The summed E-state index contributed by atoms with van der Waals surface area (Å²) < 4.78 is 4.95. The summed E-state index contributed by atoms with van der Waals surface area (Å²) >= 11 is 0. The lowest BCUT2D eigenvalue weighted by atomic mass is 10.1. The molecule has 0 saturated heterocycles. The molecule has 0 bridgehead atoms. The number of imide groups is 1. The highest BCUT2D eigenvalue weighted by Gasteiger charge is 2.36. The van der Waals surface area contributed by atoms with E-state index < -0.39 is 36.7 Å².